The normalized spacial score (nSPS) is 11.6. The van der Waals surface area contributed by atoms with E-state index in [1.807, 2.05) is 0 Å². The summed E-state index contributed by atoms with van der Waals surface area (Å²) in [6, 6.07) is 4.17. The molecular weight excluding hydrogens is 278 g/mol. The van der Waals surface area contributed by atoms with Crippen LogP contribution in [0.25, 0.3) is 0 Å². The van der Waals surface area contributed by atoms with Crippen LogP contribution in [0.1, 0.15) is 17.3 Å². The molecule has 0 bridgehead atoms. The zero-order chi connectivity index (χ0) is 15.8. The van der Waals surface area contributed by atoms with Gasteiger partial charge in [-0.1, -0.05) is 0 Å². The maximum absolute atomic E-state index is 11.9. The minimum atomic E-state index is -0.976. The fourth-order valence-corrected chi connectivity index (χ4v) is 1.51. The summed E-state index contributed by atoms with van der Waals surface area (Å²) in [4.78, 5) is 23.5. The number of nitrogens with one attached hydrogen (secondary N) is 1. The topological polar surface area (TPSA) is 94.1 Å². The van der Waals surface area contributed by atoms with Crippen LogP contribution >= 0.6 is 0 Å². The number of ether oxygens (including phenoxy) is 3. The van der Waals surface area contributed by atoms with Gasteiger partial charge in [0.1, 0.15) is 17.1 Å². The van der Waals surface area contributed by atoms with Crippen molar-refractivity contribution in [2.24, 2.45) is 0 Å². The summed E-state index contributed by atoms with van der Waals surface area (Å²) in [5, 5.41) is 12.3. The Balaban J connectivity index is 2.62. The largest absolute Gasteiger partial charge is 0.507 e. The number of rotatable bonds is 7. The van der Waals surface area contributed by atoms with Crippen LogP contribution in [-0.2, 0) is 14.3 Å². The van der Waals surface area contributed by atoms with Gasteiger partial charge in [-0.05, 0) is 19.1 Å². The van der Waals surface area contributed by atoms with Gasteiger partial charge >= 0.3 is 5.97 Å². The molecule has 1 atom stereocenters. The number of carbonyl (C=O) groups is 2. The van der Waals surface area contributed by atoms with Crippen molar-refractivity contribution < 1.29 is 28.9 Å². The van der Waals surface area contributed by atoms with Gasteiger partial charge in [-0.15, -0.1) is 0 Å². The van der Waals surface area contributed by atoms with E-state index in [4.69, 9.17) is 14.2 Å². The van der Waals surface area contributed by atoms with E-state index in [0.29, 0.717) is 18.9 Å². The zero-order valence-corrected chi connectivity index (χ0v) is 12.2. The molecule has 0 saturated carbocycles. The standard InChI is InChI=1S/C14H19NO6/c1-9(13(17)15-6-7-19-2)21-14(18)11-5-4-10(20-3)8-12(11)16/h4-5,8-9,16H,6-7H2,1-3H3,(H,15,17)/t9-/m0/s1. The molecule has 1 aromatic carbocycles. The van der Waals surface area contributed by atoms with Crippen molar-refractivity contribution in [1.82, 2.24) is 5.32 Å². The Bertz CT molecular complexity index is 502. The Labute approximate surface area is 122 Å². The van der Waals surface area contributed by atoms with Gasteiger partial charge in [-0.2, -0.15) is 0 Å². The number of carbonyl (C=O) groups excluding carboxylic acids is 2. The molecule has 0 spiro atoms. The molecule has 21 heavy (non-hydrogen) atoms. The summed E-state index contributed by atoms with van der Waals surface area (Å²) in [6.45, 7) is 2.14. The molecule has 7 nitrogen and oxygen atoms in total. The monoisotopic (exact) mass is 297 g/mol. The van der Waals surface area contributed by atoms with Crippen LogP contribution in [0.5, 0.6) is 11.5 Å². The number of benzene rings is 1. The molecule has 0 heterocycles. The Hall–Kier alpha value is -2.28. The summed E-state index contributed by atoms with van der Waals surface area (Å²) in [5.74, 6) is -1.08. The van der Waals surface area contributed by atoms with Crippen molar-refractivity contribution >= 4 is 11.9 Å². The number of amides is 1. The van der Waals surface area contributed by atoms with E-state index in [9.17, 15) is 14.7 Å². The third-order valence-corrected chi connectivity index (χ3v) is 2.68. The summed E-state index contributed by atoms with van der Waals surface area (Å²) in [6.07, 6.45) is -0.976. The molecule has 0 radical (unpaired) electrons. The van der Waals surface area contributed by atoms with Gasteiger partial charge in [-0.3, -0.25) is 4.79 Å². The number of aromatic hydroxyl groups is 1. The Morgan fingerprint density at radius 2 is 2.05 bits per heavy atom. The van der Waals surface area contributed by atoms with Crippen LogP contribution in [-0.4, -0.2) is 50.5 Å². The predicted molar refractivity (Wildman–Crippen MR) is 74.4 cm³/mol. The summed E-state index contributed by atoms with van der Waals surface area (Å²) in [5.41, 5.74) is -0.0349. The van der Waals surface area contributed by atoms with Crippen molar-refractivity contribution in [2.75, 3.05) is 27.4 Å². The van der Waals surface area contributed by atoms with Gasteiger partial charge in [0.2, 0.25) is 0 Å². The maximum atomic E-state index is 11.9. The minimum Gasteiger partial charge on any atom is -0.507 e. The number of phenols is 1. The molecule has 116 valence electrons. The molecule has 0 saturated heterocycles. The molecule has 0 aliphatic carbocycles. The first-order chi connectivity index (χ1) is 9.99. The molecule has 0 aliphatic rings. The second-order valence-electron chi connectivity index (χ2n) is 4.21. The van der Waals surface area contributed by atoms with E-state index < -0.39 is 18.0 Å². The van der Waals surface area contributed by atoms with Crippen molar-refractivity contribution in [3.8, 4) is 11.5 Å². The lowest BCUT2D eigenvalue weighted by atomic mass is 10.2. The number of hydrogen-bond acceptors (Lipinski definition) is 6. The minimum absolute atomic E-state index is 0.0349. The molecular formula is C14H19NO6. The molecule has 0 unspecified atom stereocenters. The Morgan fingerprint density at radius 1 is 1.33 bits per heavy atom. The highest BCUT2D eigenvalue weighted by molar-refractivity contribution is 5.94. The van der Waals surface area contributed by atoms with Crippen molar-refractivity contribution in [3.63, 3.8) is 0 Å². The second kappa shape index (κ2) is 8.11. The van der Waals surface area contributed by atoms with E-state index in [2.05, 4.69) is 5.32 Å². The Morgan fingerprint density at radius 3 is 2.62 bits per heavy atom. The van der Waals surface area contributed by atoms with Gasteiger partial charge in [0.15, 0.2) is 6.10 Å². The molecule has 0 aromatic heterocycles. The SMILES string of the molecule is COCCNC(=O)[C@H](C)OC(=O)c1ccc(OC)cc1O. The average molecular weight is 297 g/mol. The first-order valence-corrected chi connectivity index (χ1v) is 6.34. The fourth-order valence-electron chi connectivity index (χ4n) is 1.51. The highest BCUT2D eigenvalue weighted by atomic mass is 16.5. The lowest BCUT2D eigenvalue weighted by Gasteiger charge is -2.14. The van der Waals surface area contributed by atoms with E-state index in [1.54, 1.807) is 0 Å². The average Bonchev–Trinajstić information content (AvgIpc) is 2.46. The van der Waals surface area contributed by atoms with E-state index >= 15 is 0 Å². The van der Waals surface area contributed by atoms with E-state index in [-0.39, 0.29) is 11.3 Å². The van der Waals surface area contributed by atoms with E-state index in [1.165, 1.54) is 39.3 Å². The van der Waals surface area contributed by atoms with Crippen LogP contribution in [0.3, 0.4) is 0 Å². The van der Waals surface area contributed by atoms with Crippen LogP contribution in [0.4, 0.5) is 0 Å². The first-order valence-electron chi connectivity index (χ1n) is 6.34. The number of hydrogen-bond donors (Lipinski definition) is 2. The van der Waals surface area contributed by atoms with Gasteiger partial charge in [-0.25, -0.2) is 4.79 Å². The number of methoxy groups -OCH3 is 2. The molecule has 1 rings (SSSR count). The van der Waals surface area contributed by atoms with Crippen molar-refractivity contribution in [3.05, 3.63) is 23.8 Å². The number of esters is 1. The van der Waals surface area contributed by atoms with E-state index in [0.717, 1.165) is 0 Å². The molecule has 7 heteroatoms. The second-order valence-corrected chi connectivity index (χ2v) is 4.21. The highest BCUT2D eigenvalue weighted by Gasteiger charge is 2.20. The van der Waals surface area contributed by atoms with Crippen LogP contribution in [0.15, 0.2) is 18.2 Å². The van der Waals surface area contributed by atoms with Crippen LogP contribution in [0, 0.1) is 0 Å². The zero-order valence-electron chi connectivity index (χ0n) is 12.2. The van der Waals surface area contributed by atoms with Crippen LogP contribution < -0.4 is 10.1 Å². The summed E-state index contributed by atoms with van der Waals surface area (Å²) in [7, 11) is 2.96. The third kappa shape index (κ3) is 4.96. The lowest BCUT2D eigenvalue weighted by molar-refractivity contribution is -0.129. The third-order valence-electron chi connectivity index (χ3n) is 2.68. The molecule has 1 aromatic rings. The summed E-state index contributed by atoms with van der Waals surface area (Å²) >= 11 is 0. The maximum Gasteiger partial charge on any atom is 0.342 e. The van der Waals surface area contributed by atoms with Gasteiger partial charge < -0.3 is 24.6 Å². The first kappa shape index (κ1) is 16.8. The molecule has 1 amide bonds. The highest BCUT2D eigenvalue weighted by Crippen LogP contribution is 2.24. The van der Waals surface area contributed by atoms with Crippen molar-refractivity contribution in [1.29, 1.82) is 0 Å². The van der Waals surface area contributed by atoms with Gasteiger partial charge in [0, 0.05) is 19.7 Å². The lowest BCUT2D eigenvalue weighted by Crippen LogP contribution is -2.37. The van der Waals surface area contributed by atoms with Crippen molar-refractivity contribution in [2.45, 2.75) is 13.0 Å². The quantitative estimate of drug-likeness (QED) is 0.568. The fraction of sp³-hybridized carbons (Fsp3) is 0.429. The van der Waals surface area contributed by atoms with Gasteiger partial charge in [0.05, 0.1) is 13.7 Å². The molecule has 0 aliphatic heterocycles. The van der Waals surface area contributed by atoms with Gasteiger partial charge in [0.25, 0.3) is 5.91 Å². The van der Waals surface area contributed by atoms with Crippen LogP contribution in [0.2, 0.25) is 0 Å². The molecule has 2 N–H and O–H groups in total. The Kier molecular flexibility index (Phi) is 6.48. The summed E-state index contributed by atoms with van der Waals surface area (Å²) < 4.78 is 14.7. The molecule has 0 fully saturated rings. The smallest absolute Gasteiger partial charge is 0.342 e. The number of phenolic OH excluding ortho intramolecular Hbond substituents is 1. The predicted octanol–water partition coefficient (Wildman–Crippen LogP) is 0.709.